The van der Waals surface area contributed by atoms with E-state index in [1.54, 1.807) is 6.07 Å². The highest BCUT2D eigenvalue weighted by Crippen LogP contribution is 2.34. The molecule has 1 atom stereocenters. The molecule has 0 aliphatic carbocycles. The predicted molar refractivity (Wildman–Crippen MR) is 90.2 cm³/mol. The van der Waals surface area contributed by atoms with E-state index in [0.717, 1.165) is 22.2 Å². The first kappa shape index (κ1) is 14.5. The number of amides is 1. The summed E-state index contributed by atoms with van der Waals surface area (Å²) >= 11 is 0. The molecule has 4 rings (SSSR count). The Bertz CT molecular complexity index is 923. The third kappa shape index (κ3) is 2.65. The summed E-state index contributed by atoms with van der Waals surface area (Å²) < 4.78 is 10.7. The third-order valence-electron chi connectivity index (χ3n) is 4.08. The van der Waals surface area contributed by atoms with Gasteiger partial charge in [-0.15, -0.1) is 0 Å². The van der Waals surface area contributed by atoms with Crippen molar-refractivity contribution < 1.29 is 14.3 Å². The first-order valence-electron chi connectivity index (χ1n) is 7.77. The van der Waals surface area contributed by atoms with Crippen molar-refractivity contribution in [2.75, 3.05) is 6.79 Å². The van der Waals surface area contributed by atoms with Gasteiger partial charge in [-0.3, -0.25) is 4.79 Å². The summed E-state index contributed by atoms with van der Waals surface area (Å²) in [5, 5.41) is 3.98. The van der Waals surface area contributed by atoms with Gasteiger partial charge in [0.05, 0.1) is 11.6 Å². The van der Waals surface area contributed by atoms with Gasteiger partial charge in [-0.05, 0) is 36.8 Å². The van der Waals surface area contributed by atoms with Crippen LogP contribution in [0.2, 0.25) is 0 Å². The standard InChI is InChI=1S/C19H16N2O3/c1-12(14-7-9-17-18(10-14)24-11-23-17)20-19(22)16-8-6-13-4-2-3-5-15(13)21-16/h2-10,12H,11H2,1H3,(H,20,22)/t12-/m0/s1. The topological polar surface area (TPSA) is 60.5 Å². The molecule has 0 spiro atoms. The molecule has 5 heteroatoms. The number of para-hydroxylation sites is 1. The zero-order valence-corrected chi connectivity index (χ0v) is 13.2. The van der Waals surface area contributed by atoms with Crippen molar-refractivity contribution in [3.63, 3.8) is 0 Å². The first-order valence-corrected chi connectivity index (χ1v) is 7.77. The molecule has 0 fully saturated rings. The maximum Gasteiger partial charge on any atom is 0.270 e. The van der Waals surface area contributed by atoms with Crippen molar-refractivity contribution in [1.29, 1.82) is 0 Å². The van der Waals surface area contributed by atoms with Crippen molar-refractivity contribution in [3.05, 3.63) is 65.9 Å². The molecular formula is C19H16N2O3. The maximum atomic E-state index is 12.5. The minimum Gasteiger partial charge on any atom is -0.454 e. The molecule has 1 aromatic heterocycles. The molecule has 3 aromatic rings. The lowest BCUT2D eigenvalue weighted by atomic mass is 10.1. The van der Waals surface area contributed by atoms with Crippen molar-refractivity contribution in [1.82, 2.24) is 10.3 Å². The van der Waals surface area contributed by atoms with Gasteiger partial charge in [0.25, 0.3) is 5.91 Å². The summed E-state index contributed by atoms with van der Waals surface area (Å²) in [6.07, 6.45) is 0. The number of benzene rings is 2. The lowest BCUT2D eigenvalue weighted by Crippen LogP contribution is -2.27. The summed E-state index contributed by atoms with van der Waals surface area (Å²) in [5.41, 5.74) is 2.16. The van der Waals surface area contributed by atoms with Crippen LogP contribution in [0.25, 0.3) is 10.9 Å². The van der Waals surface area contributed by atoms with Crippen LogP contribution >= 0.6 is 0 Å². The lowest BCUT2D eigenvalue weighted by Gasteiger charge is -2.14. The number of hydrogen-bond donors (Lipinski definition) is 1. The number of aromatic nitrogens is 1. The Morgan fingerprint density at radius 2 is 1.92 bits per heavy atom. The zero-order valence-electron chi connectivity index (χ0n) is 13.2. The Balaban J connectivity index is 1.54. The van der Waals surface area contributed by atoms with Gasteiger partial charge in [-0.25, -0.2) is 4.98 Å². The fourth-order valence-corrected chi connectivity index (χ4v) is 2.73. The van der Waals surface area contributed by atoms with Crippen LogP contribution in [-0.2, 0) is 0 Å². The van der Waals surface area contributed by atoms with Crippen molar-refractivity contribution in [2.45, 2.75) is 13.0 Å². The van der Waals surface area contributed by atoms with E-state index in [4.69, 9.17) is 9.47 Å². The fourth-order valence-electron chi connectivity index (χ4n) is 2.73. The Labute approximate surface area is 139 Å². The Hall–Kier alpha value is -3.08. The minimum absolute atomic E-state index is 0.166. The number of nitrogens with zero attached hydrogens (tertiary/aromatic N) is 1. The average Bonchev–Trinajstić information content (AvgIpc) is 3.08. The molecule has 0 radical (unpaired) electrons. The van der Waals surface area contributed by atoms with Crippen LogP contribution in [0.3, 0.4) is 0 Å². The highest BCUT2D eigenvalue weighted by molar-refractivity contribution is 5.95. The minimum atomic E-state index is -0.203. The number of pyridine rings is 1. The van der Waals surface area contributed by atoms with E-state index < -0.39 is 0 Å². The second-order valence-corrected chi connectivity index (χ2v) is 5.70. The molecule has 2 aromatic carbocycles. The SMILES string of the molecule is C[C@H](NC(=O)c1ccc2ccccc2n1)c1ccc2c(c1)OCO2. The second-order valence-electron chi connectivity index (χ2n) is 5.70. The van der Waals surface area contributed by atoms with Gasteiger partial charge in [0.1, 0.15) is 5.69 Å². The van der Waals surface area contributed by atoms with Gasteiger partial charge in [0.15, 0.2) is 11.5 Å². The summed E-state index contributed by atoms with van der Waals surface area (Å²) in [4.78, 5) is 16.9. The fraction of sp³-hybridized carbons (Fsp3) is 0.158. The molecule has 0 saturated heterocycles. The van der Waals surface area contributed by atoms with Gasteiger partial charge in [-0.1, -0.05) is 30.3 Å². The molecule has 1 aliphatic heterocycles. The molecule has 2 heterocycles. The molecule has 1 N–H and O–H groups in total. The second kappa shape index (κ2) is 5.85. The zero-order chi connectivity index (χ0) is 16.5. The Morgan fingerprint density at radius 3 is 2.83 bits per heavy atom. The number of nitrogens with one attached hydrogen (secondary N) is 1. The molecule has 120 valence electrons. The molecule has 5 nitrogen and oxygen atoms in total. The van der Waals surface area contributed by atoms with Gasteiger partial charge in [0.2, 0.25) is 6.79 Å². The predicted octanol–water partition coefficient (Wildman–Crippen LogP) is 3.45. The van der Waals surface area contributed by atoms with E-state index in [-0.39, 0.29) is 18.7 Å². The van der Waals surface area contributed by atoms with Crippen molar-refractivity contribution >= 4 is 16.8 Å². The van der Waals surface area contributed by atoms with Gasteiger partial charge in [-0.2, -0.15) is 0 Å². The largest absolute Gasteiger partial charge is 0.454 e. The highest BCUT2D eigenvalue weighted by atomic mass is 16.7. The molecule has 0 bridgehead atoms. The van der Waals surface area contributed by atoms with Crippen LogP contribution in [0.1, 0.15) is 29.0 Å². The number of hydrogen-bond acceptors (Lipinski definition) is 4. The van der Waals surface area contributed by atoms with E-state index in [0.29, 0.717) is 11.4 Å². The van der Waals surface area contributed by atoms with Crippen LogP contribution in [0.15, 0.2) is 54.6 Å². The van der Waals surface area contributed by atoms with Gasteiger partial charge < -0.3 is 14.8 Å². The molecule has 0 saturated carbocycles. The van der Waals surface area contributed by atoms with Crippen molar-refractivity contribution in [2.24, 2.45) is 0 Å². The average molecular weight is 320 g/mol. The number of carbonyl (C=O) groups excluding carboxylic acids is 1. The van der Waals surface area contributed by atoms with E-state index in [2.05, 4.69) is 10.3 Å². The maximum absolute atomic E-state index is 12.5. The third-order valence-corrected chi connectivity index (χ3v) is 4.08. The van der Waals surface area contributed by atoms with E-state index in [1.807, 2.05) is 55.5 Å². The molecular weight excluding hydrogens is 304 g/mol. The van der Waals surface area contributed by atoms with Crippen LogP contribution < -0.4 is 14.8 Å². The summed E-state index contributed by atoms with van der Waals surface area (Å²) in [6.45, 7) is 2.16. The quantitative estimate of drug-likeness (QED) is 0.803. The van der Waals surface area contributed by atoms with Crippen molar-refractivity contribution in [3.8, 4) is 11.5 Å². The number of carbonyl (C=O) groups is 1. The van der Waals surface area contributed by atoms with Crippen LogP contribution in [-0.4, -0.2) is 17.7 Å². The number of rotatable bonds is 3. The van der Waals surface area contributed by atoms with E-state index in [1.165, 1.54) is 0 Å². The van der Waals surface area contributed by atoms with Gasteiger partial charge in [0, 0.05) is 5.39 Å². The molecule has 1 amide bonds. The monoisotopic (exact) mass is 320 g/mol. The van der Waals surface area contributed by atoms with Gasteiger partial charge >= 0.3 is 0 Å². The smallest absolute Gasteiger partial charge is 0.270 e. The van der Waals surface area contributed by atoms with Crippen LogP contribution in [0.5, 0.6) is 11.5 Å². The van der Waals surface area contributed by atoms with Crippen LogP contribution in [0.4, 0.5) is 0 Å². The number of ether oxygens (including phenoxy) is 2. The van der Waals surface area contributed by atoms with E-state index >= 15 is 0 Å². The first-order chi connectivity index (χ1) is 11.7. The summed E-state index contributed by atoms with van der Waals surface area (Å²) in [6, 6.07) is 16.9. The Morgan fingerprint density at radius 1 is 1.08 bits per heavy atom. The molecule has 0 unspecified atom stereocenters. The lowest BCUT2D eigenvalue weighted by molar-refractivity contribution is 0.0935. The summed E-state index contributed by atoms with van der Waals surface area (Å²) in [7, 11) is 0. The molecule has 1 aliphatic rings. The Kier molecular flexibility index (Phi) is 3.54. The normalized spacial score (nSPS) is 13.7. The number of fused-ring (bicyclic) bond motifs is 2. The van der Waals surface area contributed by atoms with Crippen LogP contribution in [0, 0.1) is 0 Å². The molecule has 24 heavy (non-hydrogen) atoms. The van der Waals surface area contributed by atoms with E-state index in [9.17, 15) is 4.79 Å². The highest BCUT2D eigenvalue weighted by Gasteiger charge is 2.18. The summed E-state index contributed by atoms with van der Waals surface area (Å²) in [5.74, 6) is 1.23.